The summed E-state index contributed by atoms with van der Waals surface area (Å²) in [6.45, 7) is 3.16. The van der Waals surface area contributed by atoms with Crippen molar-refractivity contribution in [3.8, 4) is 0 Å². The van der Waals surface area contributed by atoms with Gasteiger partial charge in [-0.15, -0.1) is 0 Å². The zero-order chi connectivity index (χ0) is 10.2. The van der Waals surface area contributed by atoms with Gasteiger partial charge >= 0.3 is 0 Å². The average Bonchev–Trinajstić information content (AvgIpc) is 2.69. The summed E-state index contributed by atoms with van der Waals surface area (Å²) in [6.07, 6.45) is 10.7. The molecule has 0 radical (unpaired) electrons. The molecule has 0 aliphatic carbocycles. The first-order chi connectivity index (χ1) is 6.83. The predicted molar refractivity (Wildman–Crippen MR) is 60.3 cm³/mol. The van der Waals surface area contributed by atoms with Gasteiger partial charge in [-0.3, -0.25) is 0 Å². The minimum absolute atomic E-state index is 0.428. The van der Waals surface area contributed by atoms with E-state index in [1.54, 1.807) is 0 Å². The summed E-state index contributed by atoms with van der Waals surface area (Å²) in [4.78, 5) is 0. The van der Waals surface area contributed by atoms with Crippen LogP contribution in [0, 0.1) is 0 Å². The van der Waals surface area contributed by atoms with Gasteiger partial charge in [-0.2, -0.15) is 0 Å². The van der Waals surface area contributed by atoms with Crippen LogP contribution in [0.3, 0.4) is 0 Å². The monoisotopic (exact) mass is 199 g/mol. The van der Waals surface area contributed by atoms with Gasteiger partial charge in [0.2, 0.25) is 0 Å². The molecule has 1 rings (SSSR count). The van der Waals surface area contributed by atoms with Crippen LogP contribution in [-0.2, 0) is 4.74 Å². The van der Waals surface area contributed by atoms with E-state index < -0.39 is 0 Å². The van der Waals surface area contributed by atoms with E-state index in [2.05, 4.69) is 6.92 Å². The molecule has 2 N–H and O–H groups in total. The van der Waals surface area contributed by atoms with Gasteiger partial charge in [0.05, 0.1) is 6.10 Å². The molecule has 1 aliphatic heterocycles. The van der Waals surface area contributed by atoms with Gasteiger partial charge in [-0.1, -0.05) is 26.2 Å². The minimum atomic E-state index is 0.428. The summed E-state index contributed by atoms with van der Waals surface area (Å²) in [6, 6.07) is 0.428. The van der Waals surface area contributed by atoms with Crippen molar-refractivity contribution in [3.63, 3.8) is 0 Å². The molecular weight excluding hydrogens is 174 g/mol. The third-order valence-corrected chi connectivity index (χ3v) is 3.15. The van der Waals surface area contributed by atoms with Gasteiger partial charge in [0.25, 0.3) is 0 Å². The van der Waals surface area contributed by atoms with Gasteiger partial charge in [0, 0.05) is 12.6 Å². The van der Waals surface area contributed by atoms with Crippen molar-refractivity contribution < 1.29 is 4.74 Å². The van der Waals surface area contributed by atoms with Crippen molar-refractivity contribution in [2.45, 2.75) is 70.4 Å². The highest BCUT2D eigenvalue weighted by Crippen LogP contribution is 2.18. The molecule has 14 heavy (non-hydrogen) atoms. The maximum absolute atomic E-state index is 5.85. The normalized spacial score (nSPS) is 24.0. The van der Waals surface area contributed by atoms with E-state index in [-0.39, 0.29) is 0 Å². The summed E-state index contributed by atoms with van der Waals surface area (Å²) < 4.78 is 5.58. The summed E-state index contributed by atoms with van der Waals surface area (Å²) in [5.74, 6) is 0. The molecular formula is C12H25NO. The quantitative estimate of drug-likeness (QED) is 0.640. The predicted octanol–water partition coefficient (Wildman–Crippen LogP) is 2.85. The second-order valence-corrected chi connectivity index (χ2v) is 4.44. The topological polar surface area (TPSA) is 35.2 Å². The third-order valence-electron chi connectivity index (χ3n) is 3.15. The highest BCUT2D eigenvalue weighted by molar-refractivity contribution is 4.65. The van der Waals surface area contributed by atoms with Crippen LogP contribution in [0.25, 0.3) is 0 Å². The lowest BCUT2D eigenvalue weighted by Gasteiger charge is -2.10. The van der Waals surface area contributed by atoms with E-state index in [1.165, 1.54) is 44.9 Å². The summed E-state index contributed by atoms with van der Waals surface area (Å²) in [5.41, 5.74) is 5.85. The molecule has 1 heterocycles. The molecule has 0 aromatic heterocycles. The molecule has 0 spiro atoms. The lowest BCUT2D eigenvalue weighted by Crippen LogP contribution is -2.17. The van der Waals surface area contributed by atoms with E-state index in [0.29, 0.717) is 12.1 Å². The fraction of sp³-hybridized carbons (Fsp3) is 1.00. The Hall–Kier alpha value is -0.0800. The van der Waals surface area contributed by atoms with Crippen LogP contribution in [0.15, 0.2) is 0 Å². The van der Waals surface area contributed by atoms with Gasteiger partial charge in [0.15, 0.2) is 0 Å². The molecule has 1 saturated heterocycles. The molecule has 1 fully saturated rings. The molecule has 1 aliphatic rings. The molecule has 0 bridgehead atoms. The van der Waals surface area contributed by atoms with Gasteiger partial charge < -0.3 is 10.5 Å². The number of unbranched alkanes of at least 4 members (excludes halogenated alkanes) is 2. The molecule has 0 saturated carbocycles. The van der Waals surface area contributed by atoms with Crippen molar-refractivity contribution in [3.05, 3.63) is 0 Å². The molecule has 2 unspecified atom stereocenters. The Morgan fingerprint density at radius 1 is 1.36 bits per heavy atom. The summed E-state index contributed by atoms with van der Waals surface area (Å²) in [5, 5.41) is 0. The second-order valence-electron chi connectivity index (χ2n) is 4.44. The molecule has 2 heteroatoms. The molecule has 0 amide bonds. The summed E-state index contributed by atoms with van der Waals surface area (Å²) >= 11 is 0. The lowest BCUT2D eigenvalue weighted by atomic mass is 10.0. The highest BCUT2D eigenvalue weighted by Gasteiger charge is 2.14. The molecule has 0 aromatic carbocycles. The smallest absolute Gasteiger partial charge is 0.0576 e. The van der Waals surface area contributed by atoms with Gasteiger partial charge in [0.1, 0.15) is 0 Å². The summed E-state index contributed by atoms with van der Waals surface area (Å²) in [7, 11) is 0. The van der Waals surface area contributed by atoms with Crippen molar-refractivity contribution in [1.82, 2.24) is 0 Å². The van der Waals surface area contributed by atoms with Crippen LogP contribution < -0.4 is 5.73 Å². The SMILES string of the molecule is CCC(N)CCCCCC1CCCO1. The Morgan fingerprint density at radius 3 is 2.86 bits per heavy atom. The van der Waals surface area contributed by atoms with Crippen LogP contribution >= 0.6 is 0 Å². The van der Waals surface area contributed by atoms with Crippen molar-refractivity contribution >= 4 is 0 Å². The second kappa shape index (κ2) is 7.24. The number of nitrogens with two attached hydrogens (primary N) is 1. The fourth-order valence-electron chi connectivity index (χ4n) is 2.03. The van der Waals surface area contributed by atoms with E-state index >= 15 is 0 Å². The Kier molecular flexibility index (Phi) is 6.20. The number of hydrogen-bond donors (Lipinski definition) is 1. The molecule has 2 atom stereocenters. The van der Waals surface area contributed by atoms with Crippen molar-refractivity contribution in [2.24, 2.45) is 5.73 Å². The van der Waals surface area contributed by atoms with E-state index in [1.807, 2.05) is 0 Å². The van der Waals surface area contributed by atoms with Gasteiger partial charge in [-0.05, 0) is 32.1 Å². The Labute approximate surface area is 88.2 Å². The van der Waals surface area contributed by atoms with Crippen LogP contribution in [0.5, 0.6) is 0 Å². The highest BCUT2D eigenvalue weighted by atomic mass is 16.5. The van der Waals surface area contributed by atoms with E-state index in [9.17, 15) is 0 Å². The first-order valence-electron chi connectivity index (χ1n) is 6.20. The largest absolute Gasteiger partial charge is 0.378 e. The number of rotatable bonds is 7. The molecule has 0 aromatic rings. The Morgan fingerprint density at radius 2 is 2.21 bits per heavy atom. The lowest BCUT2D eigenvalue weighted by molar-refractivity contribution is 0.102. The van der Waals surface area contributed by atoms with Crippen LogP contribution in [0.4, 0.5) is 0 Å². The van der Waals surface area contributed by atoms with E-state index in [0.717, 1.165) is 13.0 Å². The molecule has 84 valence electrons. The Balaban J connectivity index is 1.84. The maximum atomic E-state index is 5.85. The average molecular weight is 199 g/mol. The molecule has 2 nitrogen and oxygen atoms in total. The number of hydrogen-bond acceptors (Lipinski definition) is 2. The van der Waals surface area contributed by atoms with E-state index in [4.69, 9.17) is 10.5 Å². The standard InChI is InChI=1S/C12H25NO/c1-2-11(13)7-4-3-5-8-12-9-6-10-14-12/h11-12H,2-10,13H2,1H3. The zero-order valence-corrected chi connectivity index (χ0v) is 9.50. The van der Waals surface area contributed by atoms with Crippen LogP contribution in [0.1, 0.15) is 58.3 Å². The minimum Gasteiger partial charge on any atom is -0.378 e. The number of ether oxygens (including phenoxy) is 1. The zero-order valence-electron chi connectivity index (χ0n) is 9.50. The first kappa shape index (κ1) is 12.0. The van der Waals surface area contributed by atoms with Crippen molar-refractivity contribution in [2.75, 3.05) is 6.61 Å². The third kappa shape index (κ3) is 4.97. The van der Waals surface area contributed by atoms with Gasteiger partial charge in [-0.25, -0.2) is 0 Å². The Bertz CT molecular complexity index is 132. The van der Waals surface area contributed by atoms with Crippen molar-refractivity contribution in [1.29, 1.82) is 0 Å². The van der Waals surface area contributed by atoms with Crippen LogP contribution in [0.2, 0.25) is 0 Å². The van der Waals surface area contributed by atoms with Crippen LogP contribution in [-0.4, -0.2) is 18.8 Å². The first-order valence-corrected chi connectivity index (χ1v) is 6.20. The fourth-order valence-corrected chi connectivity index (χ4v) is 2.03. The maximum Gasteiger partial charge on any atom is 0.0576 e.